The molecule has 0 aliphatic carbocycles. The summed E-state index contributed by atoms with van der Waals surface area (Å²) in [6.45, 7) is 1.99. The fourth-order valence-electron chi connectivity index (χ4n) is 1.98. The summed E-state index contributed by atoms with van der Waals surface area (Å²) in [5.74, 6) is 0.768. The zero-order valence-electron chi connectivity index (χ0n) is 10.7. The monoisotopic (exact) mass is 391 g/mol. The number of hydrogen-bond acceptors (Lipinski definition) is 3. The second kappa shape index (κ2) is 5.50. The molecule has 2 heterocycles. The van der Waals surface area contributed by atoms with Gasteiger partial charge in [0.25, 0.3) is 0 Å². The number of para-hydroxylation sites is 1. The predicted molar refractivity (Wildman–Crippen MR) is 89.4 cm³/mol. The minimum absolute atomic E-state index is 0.768. The number of pyridine rings is 2. The highest BCUT2D eigenvalue weighted by molar-refractivity contribution is 9.11. The second-order valence-electron chi connectivity index (χ2n) is 4.44. The van der Waals surface area contributed by atoms with Gasteiger partial charge in [-0.25, -0.2) is 4.98 Å². The van der Waals surface area contributed by atoms with Gasteiger partial charge in [-0.1, -0.05) is 18.2 Å². The molecule has 20 heavy (non-hydrogen) atoms. The van der Waals surface area contributed by atoms with Crippen molar-refractivity contribution in [2.24, 2.45) is 0 Å². The van der Waals surface area contributed by atoms with Crippen molar-refractivity contribution in [3.8, 4) is 0 Å². The normalized spacial score (nSPS) is 10.8. The molecular formula is C15H11Br2N3. The first-order chi connectivity index (χ1) is 9.63. The Labute approximate surface area is 133 Å². The molecule has 0 radical (unpaired) electrons. The molecule has 1 aromatic carbocycles. The summed E-state index contributed by atoms with van der Waals surface area (Å²) in [6, 6.07) is 12.1. The molecule has 0 aliphatic heterocycles. The van der Waals surface area contributed by atoms with E-state index in [-0.39, 0.29) is 0 Å². The Balaban J connectivity index is 2.08. The third-order valence-corrected chi connectivity index (χ3v) is 3.96. The van der Waals surface area contributed by atoms with Gasteiger partial charge in [0, 0.05) is 21.7 Å². The fraction of sp³-hybridized carbons (Fsp3) is 0.0667. The summed E-state index contributed by atoms with van der Waals surface area (Å²) < 4.78 is 1.83. The molecule has 1 N–H and O–H groups in total. The Hall–Kier alpha value is -1.46. The number of benzene rings is 1. The van der Waals surface area contributed by atoms with E-state index in [0.717, 1.165) is 37.0 Å². The van der Waals surface area contributed by atoms with E-state index in [1.54, 1.807) is 6.20 Å². The largest absolute Gasteiger partial charge is 0.338 e. The van der Waals surface area contributed by atoms with Gasteiger partial charge < -0.3 is 5.32 Å². The number of aryl methyl sites for hydroxylation is 1. The molecule has 0 bridgehead atoms. The third kappa shape index (κ3) is 2.69. The van der Waals surface area contributed by atoms with Crippen LogP contribution in [0.3, 0.4) is 0 Å². The summed E-state index contributed by atoms with van der Waals surface area (Å²) in [7, 11) is 0. The van der Waals surface area contributed by atoms with Crippen LogP contribution < -0.4 is 5.32 Å². The van der Waals surface area contributed by atoms with E-state index >= 15 is 0 Å². The Morgan fingerprint density at radius 2 is 1.95 bits per heavy atom. The van der Waals surface area contributed by atoms with Crippen LogP contribution in [0.2, 0.25) is 0 Å². The lowest BCUT2D eigenvalue weighted by atomic mass is 10.1. The zero-order chi connectivity index (χ0) is 14.1. The number of nitrogens with zero attached hydrogens (tertiary/aromatic N) is 2. The molecule has 0 amide bonds. The summed E-state index contributed by atoms with van der Waals surface area (Å²) in [5.41, 5.74) is 2.89. The molecule has 0 aliphatic rings. The van der Waals surface area contributed by atoms with Crippen molar-refractivity contribution in [3.63, 3.8) is 0 Å². The first-order valence-electron chi connectivity index (χ1n) is 6.08. The van der Waals surface area contributed by atoms with Crippen LogP contribution in [0, 0.1) is 6.92 Å². The van der Waals surface area contributed by atoms with Crippen molar-refractivity contribution in [2.75, 3.05) is 5.32 Å². The van der Waals surface area contributed by atoms with E-state index in [2.05, 4.69) is 59.3 Å². The maximum absolute atomic E-state index is 4.60. The van der Waals surface area contributed by atoms with Crippen molar-refractivity contribution >= 4 is 54.3 Å². The van der Waals surface area contributed by atoms with E-state index in [9.17, 15) is 0 Å². The average Bonchev–Trinajstić information content (AvgIpc) is 2.42. The molecule has 2 aromatic heterocycles. The number of hydrogen-bond donors (Lipinski definition) is 1. The molecule has 3 nitrogen and oxygen atoms in total. The molecule has 0 saturated carbocycles. The fourth-order valence-corrected chi connectivity index (χ4v) is 3.07. The molecule has 100 valence electrons. The molecule has 3 rings (SSSR count). The molecule has 0 atom stereocenters. The lowest BCUT2D eigenvalue weighted by Crippen LogP contribution is -1.97. The summed E-state index contributed by atoms with van der Waals surface area (Å²) in [6.07, 6.45) is 1.76. The Morgan fingerprint density at radius 3 is 2.75 bits per heavy atom. The maximum atomic E-state index is 4.60. The van der Waals surface area contributed by atoms with Crippen molar-refractivity contribution < 1.29 is 0 Å². The van der Waals surface area contributed by atoms with Gasteiger partial charge >= 0.3 is 0 Å². The van der Waals surface area contributed by atoms with Crippen LogP contribution in [0.4, 0.5) is 11.5 Å². The van der Waals surface area contributed by atoms with Gasteiger partial charge in [0.1, 0.15) is 5.82 Å². The maximum Gasteiger partial charge on any atom is 0.144 e. The topological polar surface area (TPSA) is 37.8 Å². The van der Waals surface area contributed by atoms with Crippen LogP contribution in [0.25, 0.3) is 10.9 Å². The highest BCUT2D eigenvalue weighted by Crippen LogP contribution is 2.29. The van der Waals surface area contributed by atoms with Gasteiger partial charge in [0.15, 0.2) is 0 Å². The van der Waals surface area contributed by atoms with Crippen LogP contribution >= 0.6 is 31.9 Å². The summed E-state index contributed by atoms with van der Waals surface area (Å²) in [4.78, 5) is 8.97. The smallest absolute Gasteiger partial charge is 0.144 e. The van der Waals surface area contributed by atoms with Crippen molar-refractivity contribution in [1.82, 2.24) is 9.97 Å². The number of rotatable bonds is 2. The highest BCUT2D eigenvalue weighted by Gasteiger charge is 2.07. The van der Waals surface area contributed by atoms with Crippen LogP contribution in [0.15, 0.2) is 51.5 Å². The molecular weight excluding hydrogens is 382 g/mol. The first kappa shape index (κ1) is 13.5. The number of halogens is 2. The number of aromatic nitrogens is 2. The van der Waals surface area contributed by atoms with Gasteiger partial charge in [-0.15, -0.1) is 0 Å². The standard InChI is InChI=1S/C15H11Br2N3/c1-9-5-6-10-3-2-4-13(14(10)19-9)20-15-12(17)7-11(16)8-18-15/h2-8H,1H3,(H,18,20). The Kier molecular flexibility index (Phi) is 3.72. The van der Waals surface area contributed by atoms with Crippen LogP contribution in [0.1, 0.15) is 5.69 Å². The first-order valence-corrected chi connectivity index (χ1v) is 7.66. The van der Waals surface area contributed by atoms with E-state index in [0.29, 0.717) is 0 Å². The summed E-state index contributed by atoms with van der Waals surface area (Å²) >= 11 is 6.91. The van der Waals surface area contributed by atoms with E-state index in [1.807, 2.05) is 31.2 Å². The Bertz CT molecular complexity index is 787. The third-order valence-electron chi connectivity index (χ3n) is 2.92. The minimum atomic E-state index is 0.768. The molecule has 3 aromatic rings. The van der Waals surface area contributed by atoms with Crippen LogP contribution in [0.5, 0.6) is 0 Å². The van der Waals surface area contributed by atoms with Crippen LogP contribution in [-0.2, 0) is 0 Å². The van der Waals surface area contributed by atoms with E-state index in [1.165, 1.54) is 0 Å². The average molecular weight is 393 g/mol. The molecule has 0 fully saturated rings. The lowest BCUT2D eigenvalue weighted by molar-refractivity contribution is 1.24. The highest BCUT2D eigenvalue weighted by atomic mass is 79.9. The molecule has 0 spiro atoms. The summed E-state index contributed by atoms with van der Waals surface area (Å²) in [5, 5.41) is 4.43. The SMILES string of the molecule is Cc1ccc2cccc(Nc3ncc(Br)cc3Br)c2n1. The van der Waals surface area contributed by atoms with Crippen LogP contribution in [-0.4, -0.2) is 9.97 Å². The molecule has 0 saturated heterocycles. The Morgan fingerprint density at radius 1 is 1.10 bits per heavy atom. The predicted octanol–water partition coefficient (Wildman–Crippen LogP) is 5.21. The molecule has 5 heteroatoms. The zero-order valence-corrected chi connectivity index (χ0v) is 13.9. The van der Waals surface area contributed by atoms with Crippen molar-refractivity contribution in [1.29, 1.82) is 0 Å². The van der Waals surface area contributed by atoms with E-state index < -0.39 is 0 Å². The van der Waals surface area contributed by atoms with Gasteiger partial charge in [-0.2, -0.15) is 0 Å². The van der Waals surface area contributed by atoms with Gasteiger partial charge in [0.05, 0.1) is 15.7 Å². The number of fused-ring (bicyclic) bond motifs is 1. The minimum Gasteiger partial charge on any atom is -0.338 e. The van der Waals surface area contributed by atoms with Gasteiger partial charge in [0.2, 0.25) is 0 Å². The van der Waals surface area contributed by atoms with Gasteiger partial charge in [-0.05, 0) is 57.0 Å². The van der Waals surface area contributed by atoms with E-state index in [4.69, 9.17) is 0 Å². The lowest BCUT2D eigenvalue weighted by Gasteiger charge is -2.10. The van der Waals surface area contributed by atoms with Gasteiger partial charge in [-0.3, -0.25) is 4.98 Å². The quantitative estimate of drug-likeness (QED) is 0.650. The number of nitrogens with one attached hydrogen (secondary N) is 1. The second-order valence-corrected chi connectivity index (χ2v) is 6.21. The van der Waals surface area contributed by atoms with Crippen molar-refractivity contribution in [2.45, 2.75) is 6.92 Å². The molecule has 0 unspecified atom stereocenters. The number of anilines is 2. The van der Waals surface area contributed by atoms with Crippen molar-refractivity contribution in [3.05, 3.63) is 57.2 Å².